The number of rotatable bonds is 4. The number of benzene rings is 2. The summed E-state index contributed by atoms with van der Waals surface area (Å²) in [6.45, 7) is 4.13. The lowest BCUT2D eigenvalue weighted by atomic mass is 9.98. The van der Waals surface area contributed by atoms with Gasteiger partial charge >= 0.3 is 5.97 Å². The van der Waals surface area contributed by atoms with Gasteiger partial charge in [0.25, 0.3) is 0 Å². The van der Waals surface area contributed by atoms with Crippen molar-refractivity contribution in [2.75, 3.05) is 13.1 Å². The number of carbonyl (C=O) groups excluding carboxylic acids is 1. The molecule has 0 atom stereocenters. The summed E-state index contributed by atoms with van der Waals surface area (Å²) in [5.41, 5.74) is 1.70. The topological polar surface area (TPSA) is 63.7 Å². The van der Waals surface area contributed by atoms with Crippen LogP contribution in [0.5, 0.6) is 5.75 Å². The molecule has 1 saturated heterocycles. The van der Waals surface area contributed by atoms with Crippen molar-refractivity contribution in [1.82, 2.24) is 4.31 Å². The molecule has 0 bridgehead atoms. The van der Waals surface area contributed by atoms with Crippen LogP contribution in [0.3, 0.4) is 0 Å². The first kappa shape index (κ1) is 21.0. The highest BCUT2D eigenvalue weighted by atomic mass is 79.9. The van der Waals surface area contributed by atoms with E-state index in [1.54, 1.807) is 25.1 Å². The molecule has 0 saturated carbocycles. The van der Waals surface area contributed by atoms with Gasteiger partial charge < -0.3 is 4.74 Å². The molecule has 0 aromatic heterocycles. The number of esters is 1. The van der Waals surface area contributed by atoms with Crippen LogP contribution in [0.4, 0.5) is 4.39 Å². The molecule has 0 unspecified atom stereocenters. The van der Waals surface area contributed by atoms with E-state index in [4.69, 9.17) is 4.74 Å². The third-order valence-corrected chi connectivity index (χ3v) is 7.39. The molecular weight excluding hydrogens is 449 g/mol. The Kier molecular flexibility index (Phi) is 6.21. The summed E-state index contributed by atoms with van der Waals surface area (Å²) in [7, 11) is -3.61. The van der Waals surface area contributed by atoms with Crippen LogP contribution >= 0.6 is 15.9 Å². The van der Waals surface area contributed by atoms with Gasteiger partial charge in [-0.25, -0.2) is 12.8 Å². The van der Waals surface area contributed by atoms with Gasteiger partial charge in [0.1, 0.15) is 0 Å². The smallest absolute Gasteiger partial charge is 0.314 e. The van der Waals surface area contributed by atoms with Crippen LogP contribution in [0, 0.1) is 25.6 Å². The number of nitrogens with zero attached hydrogens (tertiary/aromatic N) is 1. The van der Waals surface area contributed by atoms with Crippen molar-refractivity contribution < 1.29 is 22.3 Å². The molecule has 28 heavy (non-hydrogen) atoms. The van der Waals surface area contributed by atoms with Crippen molar-refractivity contribution >= 4 is 31.9 Å². The Morgan fingerprint density at radius 1 is 1.14 bits per heavy atom. The van der Waals surface area contributed by atoms with Crippen LogP contribution in [0.1, 0.15) is 24.0 Å². The van der Waals surface area contributed by atoms with Gasteiger partial charge in [-0.05, 0) is 56.5 Å². The molecule has 1 fully saturated rings. The van der Waals surface area contributed by atoms with E-state index in [-0.39, 0.29) is 23.7 Å². The molecule has 0 aliphatic carbocycles. The molecule has 2 aromatic rings. The number of sulfonamides is 1. The Morgan fingerprint density at radius 3 is 2.43 bits per heavy atom. The molecule has 2 aromatic carbocycles. The maximum absolute atomic E-state index is 13.9. The van der Waals surface area contributed by atoms with E-state index < -0.39 is 27.7 Å². The molecule has 150 valence electrons. The minimum Gasteiger partial charge on any atom is -0.423 e. The molecule has 1 aliphatic heterocycles. The molecule has 0 spiro atoms. The molecule has 1 aliphatic rings. The normalized spacial score (nSPS) is 16.1. The van der Waals surface area contributed by atoms with Crippen molar-refractivity contribution in [2.45, 2.75) is 31.6 Å². The Hall–Kier alpha value is -1.77. The first-order valence-corrected chi connectivity index (χ1v) is 11.2. The SMILES string of the molecule is Cc1ccc(S(=O)(=O)N2CCC(C(=O)Oc3ccc(Br)cc3F)CC2)c(C)c1. The average molecular weight is 470 g/mol. The third kappa shape index (κ3) is 4.45. The van der Waals surface area contributed by atoms with Crippen molar-refractivity contribution in [1.29, 1.82) is 0 Å². The van der Waals surface area contributed by atoms with Gasteiger partial charge in [-0.3, -0.25) is 4.79 Å². The summed E-state index contributed by atoms with van der Waals surface area (Å²) in [6.07, 6.45) is 0.669. The fourth-order valence-corrected chi connectivity index (χ4v) is 5.32. The molecule has 1 heterocycles. The van der Waals surface area contributed by atoms with E-state index in [2.05, 4.69) is 15.9 Å². The van der Waals surface area contributed by atoms with E-state index in [9.17, 15) is 17.6 Å². The standard InChI is InChI=1S/C20H21BrFNO4S/c1-13-3-6-19(14(2)11-13)28(25,26)23-9-7-15(8-10-23)20(24)27-18-5-4-16(21)12-17(18)22/h3-6,11-12,15H,7-10H2,1-2H3. The zero-order valence-electron chi connectivity index (χ0n) is 15.6. The van der Waals surface area contributed by atoms with Gasteiger partial charge in [0.2, 0.25) is 10.0 Å². The Balaban J connectivity index is 1.65. The van der Waals surface area contributed by atoms with Gasteiger partial charge in [-0.1, -0.05) is 33.6 Å². The van der Waals surface area contributed by atoms with Crippen molar-refractivity contribution in [3.63, 3.8) is 0 Å². The number of hydrogen-bond donors (Lipinski definition) is 0. The Labute approximate surface area is 172 Å². The minimum atomic E-state index is -3.61. The lowest BCUT2D eigenvalue weighted by molar-refractivity contribution is -0.140. The molecule has 3 rings (SSSR count). The predicted octanol–water partition coefficient (Wildman–Crippen LogP) is 4.21. The maximum Gasteiger partial charge on any atom is 0.314 e. The first-order valence-electron chi connectivity index (χ1n) is 8.92. The summed E-state index contributed by atoms with van der Waals surface area (Å²) in [4.78, 5) is 12.6. The van der Waals surface area contributed by atoms with E-state index in [0.29, 0.717) is 22.9 Å². The van der Waals surface area contributed by atoms with Gasteiger partial charge in [0, 0.05) is 17.6 Å². The van der Waals surface area contributed by atoms with Crippen molar-refractivity contribution in [3.8, 4) is 5.75 Å². The molecule has 0 N–H and O–H groups in total. The van der Waals surface area contributed by atoms with Gasteiger partial charge in [-0.15, -0.1) is 0 Å². The summed E-state index contributed by atoms with van der Waals surface area (Å²) >= 11 is 3.15. The van der Waals surface area contributed by atoms with Gasteiger partial charge in [-0.2, -0.15) is 4.31 Å². The lowest BCUT2D eigenvalue weighted by Crippen LogP contribution is -2.41. The number of piperidine rings is 1. The van der Waals surface area contributed by atoms with Gasteiger partial charge in [0.15, 0.2) is 11.6 Å². The molecular formula is C20H21BrFNO4S. The highest BCUT2D eigenvalue weighted by Gasteiger charge is 2.33. The lowest BCUT2D eigenvalue weighted by Gasteiger charge is -2.30. The third-order valence-electron chi connectivity index (χ3n) is 4.84. The second-order valence-corrected chi connectivity index (χ2v) is 9.77. The van der Waals surface area contributed by atoms with Crippen LogP contribution < -0.4 is 4.74 Å². The summed E-state index contributed by atoms with van der Waals surface area (Å²) in [6, 6.07) is 9.43. The fourth-order valence-electron chi connectivity index (χ4n) is 3.31. The maximum atomic E-state index is 13.9. The molecule has 5 nitrogen and oxygen atoms in total. The zero-order valence-corrected chi connectivity index (χ0v) is 18.0. The number of hydrogen-bond acceptors (Lipinski definition) is 4. The van der Waals surface area contributed by atoms with E-state index in [0.717, 1.165) is 5.56 Å². The van der Waals surface area contributed by atoms with Crippen LogP contribution in [0.15, 0.2) is 45.8 Å². The predicted molar refractivity (Wildman–Crippen MR) is 107 cm³/mol. The summed E-state index contributed by atoms with van der Waals surface area (Å²) < 4.78 is 46.8. The number of ether oxygens (including phenoxy) is 1. The van der Waals surface area contributed by atoms with Gasteiger partial charge in [0.05, 0.1) is 10.8 Å². The van der Waals surface area contributed by atoms with Crippen LogP contribution in [0.25, 0.3) is 0 Å². The fraction of sp³-hybridized carbons (Fsp3) is 0.350. The molecule has 0 radical (unpaired) electrons. The zero-order chi connectivity index (χ0) is 20.5. The van der Waals surface area contributed by atoms with Crippen LogP contribution in [-0.2, 0) is 14.8 Å². The Morgan fingerprint density at radius 2 is 1.82 bits per heavy atom. The highest BCUT2D eigenvalue weighted by molar-refractivity contribution is 9.10. The van der Waals surface area contributed by atoms with Crippen LogP contribution in [-0.4, -0.2) is 31.8 Å². The summed E-state index contributed by atoms with van der Waals surface area (Å²) in [5, 5.41) is 0. The molecule has 8 heteroatoms. The highest BCUT2D eigenvalue weighted by Crippen LogP contribution is 2.28. The van der Waals surface area contributed by atoms with E-state index >= 15 is 0 Å². The average Bonchev–Trinajstić information content (AvgIpc) is 2.63. The summed E-state index contributed by atoms with van der Waals surface area (Å²) in [5.74, 6) is -1.76. The second-order valence-electron chi connectivity index (χ2n) is 6.94. The number of halogens is 2. The molecule has 0 amide bonds. The van der Waals surface area contributed by atoms with Crippen LogP contribution in [0.2, 0.25) is 0 Å². The quantitative estimate of drug-likeness (QED) is 0.496. The van der Waals surface area contributed by atoms with E-state index in [1.165, 1.54) is 16.4 Å². The van der Waals surface area contributed by atoms with E-state index in [1.807, 2.05) is 13.0 Å². The minimum absolute atomic E-state index is 0.126. The number of carbonyl (C=O) groups is 1. The van der Waals surface area contributed by atoms with Crippen molar-refractivity contribution in [2.24, 2.45) is 5.92 Å². The monoisotopic (exact) mass is 469 g/mol. The second kappa shape index (κ2) is 8.31. The largest absolute Gasteiger partial charge is 0.423 e. The number of aryl methyl sites for hydroxylation is 2. The Bertz CT molecular complexity index is 1000. The first-order chi connectivity index (χ1) is 13.2. The van der Waals surface area contributed by atoms with Crippen molar-refractivity contribution in [3.05, 3.63) is 57.8 Å².